The van der Waals surface area contributed by atoms with Gasteiger partial charge in [0.15, 0.2) is 5.78 Å². The number of carbonyl (C=O) groups excluding carboxylic acids is 1. The minimum Gasteiger partial charge on any atom is -0.496 e. The Balaban J connectivity index is 2.61. The van der Waals surface area contributed by atoms with E-state index in [1.807, 2.05) is 32.0 Å². The van der Waals surface area contributed by atoms with Gasteiger partial charge in [0.1, 0.15) is 5.75 Å². The Kier molecular flexibility index (Phi) is 7.15. The summed E-state index contributed by atoms with van der Waals surface area (Å²) in [6.07, 6.45) is 0. The van der Waals surface area contributed by atoms with Crippen molar-refractivity contribution in [3.63, 3.8) is 0 Å². The fourth-order valence-electron chi connectivity index (χ4n) is 1.85. The molecule has 0 heterocycles. The molecule has 4 heteroatoms. The molecule has 0 aliphatic rings. The topological polar surface area (TPSA) is 38.8 Å². The van der Waals surface area contributed by atoms with E-state index in [1.165, 1.54) is 0 Å². The molecule has 0 spiro atoms. The lowest BCUT2D eigenvalue weighted by atomic mass is 10.1. The van der Waals surface area contributed by atoms with Gasteiger partial charge < -0.3 is 9.47 Å². The summed E-state index contributed by atoms with van der Waals surface area (Å²) >= 11 is 0. The maximum atomic E-state index is 12.3. The Hall–Kier alpha value is -1.39. The lowest BCUT2D eigenvalue weighted by molar-refractivity contribution is 0.0865. The van der Waals surface area contributed by atoms with Crippen LogP contribution in [-0.4, -0.2) is 50.6 Å². The summed E-state index contributed by atoms with van der Waals surface area (Å²) in [6.45, 7) is 7.36. The molecule has 106 valence electrons. The Morgan fingerprint density at radius 2 is 2.00 bits per heavy atom. The van der Waals surface area contributed by atoms with Crippen molar-refractivity contribution in [2.75, 3.05) is 40.0 Å². The van der Waals surface area contributed by atoms with Gasteiger partial charge >= 0.3 is 0 Å². The van der Waals surface area contributed by atoms with Crippen LogP contribution in [0.3, 0.4) is 0 Å². The van der Waals surface area contributed by atoms with Gasteiger partial charge in [0.05, 0.1) is 25.8 Å². The number of benzene rings is 1. The molecule has 4 nitrogen and oxygen atoms in total. The van der Waals surface area contributed by atoms with Crippen LogP contribution in [0.4, 0.5) is 0 Å². The number of hydrogen-bond acceptors (Lipinski definition) is 4. The number of Topliss-reactive ketones (excluding diaryl/α,β-unsaturated/α-hetero) is 1. The third-order valence-electron chi connectivity index (χ3n) is 2.98. The molecule has 1 aromatic rings. The minimum absolute atomic E-state index is 0.0794. The number of ketones is 1. The zero-order valence-electron chi connectivity index (χ0n) is 12.0. The number of hydrogen-bond donors (Lipinski definition) is 0. The monoisotopic (exact) mass is 265 g/mol. The quantitative estimate of drug-likeness (QED) is 0.507. The Bertz CT molecular complexity index is 393. The first-order chi connectivity index (χ1) is 9.22. The van der Waals surface area contributed by atoms with Crippen LogP contribution in [0.1, 0.15) is 24.2 Å². The van der Waals surface area contributed by atoms with E-state index < -0.39 is 0 Å². The van der Waals surface area contributed by atoms with E-state index in [0.717, 1.165) is 13.1 Å². The average Bonchev–Trinajstić information content (AvgIpc) is 2.46. The molecule has 0 saturated carbocycles. The molecule has 0 aliphatic carbocycles. The van der Waals surface area contributed by atoms with Crippen LogP contribution in [-0.2, 0) is 4.74 Å². The van der Waals surface area contributed by atoms with Crippen LogP contribution in [0, 0.1) is 0 Å². The van der Waals surface area contributed by atoms with E-state index in [1.54, 1.807) is 13.2 Å². The van der Waals surface area contributed by atoms with Crippen molar-refractivity contribution < 1.29 is 14.3 Å². The second-order valence-electron chi connectivity index (χ2n) is 4.19. The van der Waals surface area contributed by atoms with Crippen molar-refractivity contribution in [1.29, 1.82) is 0 Å². The average molecular weight is 265 g/mol. The van der Waals surface area contributed by atoms with Crippen molar-refractivity contribution >= 4 is 5.78 Å². The van der Waals surface area contributed by atoms with Crippen molar-refractivity contribution in [3.8, 4) is 5.75 Å². The smallest absolute Gasteiger partial charge is 0.180 e. The normalized spacial score (nSPS) is 10.7. The van der Waals surface area contributed by atoms with Gasteiger partial charge in [-0.1, -0.05) is 19.1 Å². The first kappa shape index (κ1) is 15.7. The van der Waals surface area contributed by atoms with Gasteiger partial charge in [0, 0.05) is 13.2 Å². The van der Waals surface area contributed by atoms with E-state index in [2.05, 4.69) is 4.90 Å². The molecule has 0 amide bonds. The van der Waals surface area contributed by atoms with Gasteiger partial charge in [0.2, 0.25) is 0 Å². The van der Waals surface area contributed by atoms with E-state index in [-0.39, 0.29) is 5.78 Å². The third kappa shape index (κ3) is 5.01. The summed E-state index contributed by atoms with van der Waals surface area (Å²) < 4.78 is 10.5. The van der Waals surface area contributed by atoms with Gasteiger partial charge in [-0.15, -0.1) is 0 Å². The summed E-state index contributed by atoms with van der Waals surface area (Å²) in [5.41, 5.74) is 0.639. The van der Waals surface area contributed by atoms with Crippen LogP contribution in [0.25, 0.3) is 0 Å². The number of para-hydroxylation sites is 1. The number of carbonyl (C=O) groups is 1. The SMILES string of the molecule is CCOCCN(CC)CC(=O)c1ccccc1OC. The van der Waals surface area contributed by atoms with Gasteiger partial charge in [0.25, 0.3) is 0 Å². The molecule has 1 rings (SSSR count). The van der Waals surface area contributed by atoms with Gasteiger partial charge in [-0.3, -0.25) is 9.69 Å². The van der Waals surface area contributed by atoms with Crippen LogP contribution < -0.4 is 4.74 Å². The fraction of sp³-hybridized carbons (Fsp3) is 0.533. The van der Waals surface area contributed by atoms with E-state index in [9.17, 15) is 4.79 Å². The summed E-state index contributed by atoms with van der Waals surface area (Å²) in [6, 6.07) is 7.33. The highest BCUT2D eigenvalue weighted by atomic mass is 16.5. The number of rotatable bonds is 9. The third-order valence-corrected chi connectivity index (χ3v) is 2.98. The molecular formula is C15H23NO3. The Labute approximate surface area is 115 Å². The molecule has 0 fully saturated rings. The number of nitrogens with zero attached hydrogens (tertiary/aromatic N) is 1. The molecular weight excluding hydrogens is 242 g/mol. The second kappa shape index (κ2) is 8.67. The second-order valence-corrected chi connectivity index (χ2v) is 4.19. The van der Waals surface area contributed by atoms with Gasteiger partial charge in [-0.25, -0.2) is 0 Å². The number of likely N-dealkylation sites (N-methyl/N-ethyl adjacent to an activating group) is 1. The predicted molar refractivity (Wildman–Crippen MR) is 75.9 cm³/mol. The maximum absolute atomic E-state index is 12.3. The summed E-state index contributed by atoms with van der Waals surface area (Å²) in [7, 11) is 1.58. The zero-order chi connectivity index (χ0) is 14.1. The molecule has 0 unspecified atom stereocenters. The number of methoxy groups -OCH3 is 1. The maximum Gasteiger partial charge on any atom is 0.180 e. The molecule has 0 aromatic heterocycles. The molecule has 0 saturated heterocycles. The van der Waals surface area contributed by atoms with Crippen LogP contribution >= 0.6 is 0 Å². The van der Waals surface area contributed by atoms with E-state index in [0.29, 0.717) is 31.1 Å². The van der Waals surface area contributed by atoms with Crippen LogP contribution in [0.5, 0.6) is 5.75 Å². The van der Waals surface area contributed by atoms with Crippen molar-refractivity contribution in [1.82, 2.24) is 4.90 Å². The molecule has 0 atom stereocenters. The number of ether oxygens (including phenoxy) is 2. The van der Waals surface area contributed by atoms with Crippen molar-refractivity contribution in [3.05, 3.63) is 29.8 Å². The first-order valence-electron chi connectivity index (χ1n) is 6.69. The van der Waals surface area contributed by atoms with Crippen molar-refractivity contribution in [2.24, 2.45) is 0 Å². The molecule has 0 aliphatic heterocycles. The van der Waals surface area contributed by atoms with Gasteiger partial charge in [-0.05, 0) is 25.6 Å². The molecule has 0 radical (unpaired) electrons. The van der Waals surface area contributed by atoms with E-state index >= 15 is 0 Å². The Morgan fingerprint density at radius 3 is 2.63 bits per heavy atom. The highest BCUT2D eigenvalue weighted by molar-refractivity contribution is 6.00. The largest absolute Gasteiger partial charge is 0.496 e. The van der Waals surface area contributed by atoms with Crippen molar-refractivity contribution in [2.45, 2.75) is 13.8 Å². The van der Waals surface area contributed by atoms with E-state index in [4.69, 9.17) is 9.47 Å². The molecule has 0 bridgehead atoms. The van der Waals surface area contributed by atoms with Crippen LogP contribution in [0.15, 0.2) is 24.3 Å². The lowest BCUT2D eigenvalue weighted by Gasteiger charge is -2.19. The highest BCUT2D eigenvalue weighted by Crippen LogP contribution is 2.18. The summed E-state index contributed by atoms with van der Waals surface area (Å²) in [4.78, 5) is 14.3. The molecule has 1 aromatic carbocycles. The fourth-order valence-corrected chi connectivity index (χ4v) is 1.85. The standard InChI is InChI=1S/C15H23NO3/c1-4-16(10-11-19-5-2)12-14(17)13-8-6-7-9-15(13)18-3/h6-9H,4-5,10-12H2,1-3H3. The Morgan fingerprint density at radius 1 is 1.26 bits per heavy atom. The molecule has 19 heavy (non-hydrogen) atoms. The highest BCUT2D eigenvalue weighted by Gasteiger charge is 2.14. The lowest BCUT2D eigenvalue weighted by Crippen LogP contribution is -2.33. The molecule has 0 N–H and O–H groups in total. The summed E-state index contributed by atoms with van der Waals surface area (Å²) in [5, 5.41) is 0. The summed E-state index contributed by atoms with van der Waals surface area (Å²) in [5.74, 6) is 0.712. The predicted octanol–water partition coefficient (Wildman–Crippen LogP) is 2.24. The van der Waals surface area contributed by atoms with Gasteiger partial charge in [-0.2, -0.15) is 0 Å². The first-order valence-corrected chi connectivity index (χ1v) is 6.69. The van der Waals surface area contributed by atoms with Crippen LogP contribution in [0.2, 0.25) is 0 Å². The minimum atomic E-state index is 0.0794. The zero-order valence-corrected chi connectivity index (χ0v) is 12.0.